The highest BCUT2D eigenvalue weighted by atomic mass is 16.5. The molecule has 0 heterocycles. The summed E-state index contributed by atoms with van der Waals surface area (Å²) in [5, 5.41) is 2.68. The molecule has 0 spiro atoms. The van der Waals surface area contributed by atoms with Crippen molar-refractivity contribution in [2.24, 2.45) is 0 Å². The molecule has 0 aliphatic heterocycles. The largest absolute Gasteiger partial charge is 0.491 e. The predicted octanol–water partition coefficient (Wildman–Crippen LogP) is 3.58. The van der Waals surface area contributed by atoms with Crippen molar-refractivity contribution in [1.82, 2.24) is 0 Å². The molecule has 2 aromatic rings. The van der Waals surface area contributed by atoms with Gasteiger partial charge in [0.25, 0.3) is 5.91 Å². The molecule has 1 N–H and O–H groups in total. The van der Waals surface area contributed by atoms with Gasteiger partial charge in [-0.05, 0) is 62.7 Å². The van der Waals surface area contributed by atoms with Gasteiger partial charge in [0.05, 0.1) is 11.7 Å². The Balaban J connectivity index is 1.85. The quantitative estimate of drug-likeness (QED) is 0.824. The molecule has 0 fully saturated rings. The minimum Gasteiger partial charge on any atom is -0.491 e. The van der Waals surface area contributed by atoms with E-state index in [0.29, 0.717) is 17.0 Å². The third kappa shape index (κ3) is 5.43. The third-order valence-corrected chi connectivity index (χ3v) is 3.10. The molecule has 0 aromatic heterocycles. The molecule has 24 heavy (non-hydrogen) atoms. The number of ether oxygens (including phenoxy) is 2. The van der Waals surface area contributed by atoms with Gasteiger partial charge in [0.15, 0.2) is 6.61 Å². The average molecular weight is 327 g/mol. The molecular formula is C19H21NO4. The molecule has 0 aliphatic rings. The van der Waals surface area contributed by atoms with Crippen LogP contribution in [-0.4, -0.2) is 24.6 Å². The van der Waals surface area contributed by atoms with Crippen LogP contribution in [-0.2, 0) is 9.53 Å². The zero-order valence-corrected chi connectivity index (χ0v) is 14.0. The van der Waals surface area contributed by atoms with Crippen LogP contribution in [0.15, 0.2) is 48.5 Å². The summed E-state index contributed by atoms with van der Waals surface area (Å²) in [5.41, 5.74) is 2.08. The maximum Gasteiger partial charge on any atom is 0.338 e. The lowest BCUT2D eigenvalue weighted by atomic mass is 10.2. The van der Waals surface area contributed by atoms with Crippen molar-refractivity contribution in [2.75, 3.05) is 11.9 Å². The molecule has 0 saturated carbocycles. The number of aryl methyl sites for hydroxylation is 1. The van der Waals surface area contributed by atoms with Gasteiger partial charge in [-0.15, -0.1) is 0 Å². The highest BCUT2D eigenvalue weighted by molar-refractivity contribution is 5.95. The van der Waals surface area contributed by atoms with Gasteiger partial charge >= 0.3 is 5.97 Å². The second-order valence-corrected chi connectivity index (χ2v) is 5.68. The molecule has 5 heteroatoms. The lowest BCUT2D eigenvalue weighted by molar-refractivity contribution is -0.119. The van der Waals surface area contributed by atoms with E-state index in [-0.39, 0.29) is 18.6 Å². The molecule has 126 valence electrons. The van der Waals surface area contributed by atoms with E-state index in [1.165, 1.54) is 0 Å². The summed E-state index contributed by atoms with van der Waals surface area (Å²) in [4.78, 5) is 23.8. The van der Waals surface area contributed by atoms with Crippen LogP contribution >= 0.6 is 0 Å². The maximum atomic E-state index is 11.9. The van der Waals surface area contributed by atoms with Crippen molar-refractivity contribution < 1.29 is 19.1 Å². The van der Waals surface area contributed by atoms with Crippen LogP contribution in [0.2, 0.25) is 0 Å². The van der Waals surface area contributed by atoms with E-state index in [0.717, 1.165) is 5.56 Å². The van der Waals surface area contributed by atoms with E-state index in [1.54, 1.807) is 30.3 Å². The Bertz CT molecular complexity index is 708. The Morgan fingerprint density at radius 1 is 1.08 bits per heavy atom. The summed E-state index contributed by atoms with van der Waals surface area (Å²) in [6, 6.07) is 14.0. The predicted molar refractivity (Wildman–Crippen MR) is 92.3 cm³/mol. The highest BCUT2D eigenvalue weighted by Gasteiger charge is 2.11. The number of carbonyl (C=O) groups excluding carboxylic acids is 2. The molecule has 0 saturated heterocycles. The molecular weight excluding hydrogens is 306 g/mol. The van der Waals surface area contributed by atoms with E-state index in [1.807, 2.05) is 39.0 Å². The molecule has 0 bridgehead atoms. The lowest BCUT2D eigenvalue weighted by Gasteiger charge is -2.10. The van der Waals surface area contributed by atoms with Gasteiger partial charge in [-0.25, -0.2) is 4.79 Å². The Kier molecular flexibility index (Phi) is 5.95. The van der Waals surface area contributed by atoms with Crippen molar-refractivity contribution >= 4 is 17.6 Å². The number of hydrogen-bond donors (Lipinski definition) is 1. The van der Waals surface area contributed by atoms with Crippen LogP contribution in [0, 0.1) is 6.92 Å². The lowest BCUT2D eigenvalue weighted by Crippen LogP contribution is -2.21. The molecule has 0 aliphatic carbocycles. The molecule has 1 amide bonds. The third-order valence-electron chi connectivity index (χ3n) is 3.10. The first-order chi connectivity index (χ1) is 11.4. The number of nitrogens with one attached hydrogen (secondary N) is 1. The highest BCUT2D eigenvalue weighted by Crippen LogP contribution is 2.14. The van der Waals surface area contributed by atoms with Gasteiger partial charge in [0.2, 0.25) is 0 Å². The zero-order chi connectivity index (χ0) is 17.5. The fourth-order valence-corrected chi connectivity index (χ4v) is 2.08. The SMILES string of the molecule is Cc1cccc(NC(=O)COC(=O)c2ccc(OC(C)C)cc2)c1. The topological polar surface area (TPSA) is 64.6 Å². The van der Waals surface area contributed by atoms with E-state index >= 15 is 0 Å². The van der Waals surface area contributed by atoms with Crippen LogP contribution in [0.25, 0.3) is 0 Å². The number of carbonyl (C=O) groups is 2. The van der Waals surface area contributed by atoms with Crippen LogP contribution in [0.3, 0.4) is 0 Å². The smallest absolute Gasteiger partial charge is 0.338 e. The van der Waals surface area contributed by atoms with Crippen LogP contribution in [0.4, 0.5) is 5.69 Å². The van der Waals surface area contributed by atoms with E-state index < -0.39 is 5.97 Å². The second kappa shape index (κ2) is 8.15. The van der Waals surface area contributed by atoms with Crippen molar-refractivity contribution in [3.8, 4) is 5.75 Å². The van der Waals surface area contributed by atoms with Gasteiger partial charge < -0.3 is 14.8 Å². The fraction of sp³-hybridized carbons (Fsp3) is 0.263. The average Bonchev–Trinajstić information content (AvgIpc) is 2.53. The van der Waals surface area contributed by atoms with Crippen LogP contribution in [0.1, 0.15) is 29.8 Å². The molecule has 2 aromatic carbocycles. The van der Waals surface area contributed by atoms with Gasteiger partial charge in [-0.2, -0.15) is 0 Å². The molecule has 0 radical (unpaired) electrons. The number of hydrogen-bond acceptors (Lipinski definition) is 4. The second-order valence-electron chi connectivity index (χ2n) is 5.68. The maximum absolute atomic E-state index is 11.9. The van der Waals surface area contributed by atoms with Gasteiger partial charge in [-0.3, -0.25) is 4.79 Å². The van der Waals surface area contributed by atoms with E-state index in [2.05, 4.69) is 5.32 Å². The van der Waals surface area contributed by atoms with Crippen molar-refractivity contribution in [3.63, 3.8) is 0 Å². The summed E-state index contributed by atoms with van der Waals surface area (Å²) in [5.74, 6) is -0.252. The summed E-state index contributed by atoms with van der Waals surface area (Å²) in [6.45, 7) is 5.45. The normalized spacial score (nSPS) is 10.3. The zero-order valence-electron chi connectivity index (χ0n) is 14.0. The van der Waals surface area contributed by atoms with E-state index in [4.69, 9.17) is 9.47 Å². The summed E-state index contributed by atoms with van der Waals surface area (Å²) in [7, 11) is 0. The minimum atomic E-state index is -0.550. The van der Waals surface area contributed by atoms with Crippen molar-refractivity contribution in [2.45, 2.75) is 26.9 Å². The molecule has 5 nitrogen and oxygen atoms in total. The van der Waals surface area contributed by atoms with Gasteiger partial charge in [0, 0.05) is 5.69 Å². The number of benzene rings is 2. The van der Waals surface area contributed by atoms with Crippen LogP contribution in [0.5, 0.6) is 5.75 Å². The Labute approximate surface area is 141 Å². The minimum absolute atomic E-state index is 0.0631. The molecule has 2 rings (SSSR count). The number of amides is 1. The first kappa shape index (κ1) is 17.5. The van der Waals surface area contributed by atoms with Gasteiger partial charge in [0.1, 0.15) is 5.75 Å². The monoisotopic (exact) mass is 327 g/mol. The first-order valence-corrected chi connectivity index (χ1v) is 7.74. The number of esters is 1. The summed E-state index contributed by atoms with van der Waals surface area (Å²) < 4.78 is 10.5. The Morgan fingerprint density at radius 2 is 1.79 bits per heavy atom. The molecule has 0 unspecified atom stereocenters. The van der Waals surface area contributed by atoms with E-state index in [9.17, 15) is 9.59 Å². The fourth-order valence-electron chi connectivity index (χ4n) is 2.08. The number of rotatable bonds is 6. The Hall–Kier alpha value is -2.82. The van der Waals surface area contributed by atoms with Gasteiger partial charge in [-0.1, -0.05) is 12.1 Å². The summed E-state index contributed by atoms with van der Waals surface area (Å²) in [6.07, 6.45) is 0.0631. The van der Waals surface area contributed by atoms with Crippen LogP contribution < -0.4 is 10.1 Å². The number of anilines is 1. The standard InChI is InChI=1S/C19H21NO4/c1-13(2)24-17-9-7-15(8-10-17)19(22)23-12-18(21)20-16-6-4-5-14(3)11-16/h4-11,13H,12H2,1-3H3,(H,20,21). The van der Waals surface area contributed by atoms with Crippen molar-refractivity contribution in [3.05, 3.63) is 59.7 Å². The van der Waals surface area contributed by atoms with Crippen molar-refractivity contribution in [1.29, 1.82) is 0 Å². The summed E-state index contributed by atoms with van der Waals surface area (Å²) >= 11 is 0. The molecule has 0 atom stereocenters. The first-order valence-electron chi connectivity index (χ1n) is 7.74. The Morgan fingerprint density at radius 3 is 2.42 bits per heavy atom.